The molecule has 152 valence electrons. The van der Waals surface area contributed by atoms with E-state index >= 15 is 0 Å². The number of nitrogens with one attached hydrogen (secondary N) is 1. The highest BCUT2D eigenvalue weighted by molar-refractivity contribution is 8.00. The number of nitrogens with zero attached hydrogens (tertiary/aromatic N) is 4. The summed E-state index contributed by atoms with van der Waals surface area (Å²) in [4.78, 5) is 14.8. The minimum Gasteiger partial charge on any atom is -0.467 e. The number of aromatic nitrogens is 3. The molecule has 1 aliphatic heterocycles. The van der Waals surface area contributed by atoms with Gasteiger partial charge in [0.1, 0.15) is 5.76 Å². The summed E-state index contributed by atoms with van der Waals surface area (Å²) in [6, 6.07) is 13.7. The lowest BCUT2D eigenvalue weighted by molar-refractivity contribution is -0.120. The normalized spacial score (nSPS) is 14.9. The Morgan fingerprint density at radius 2 is 1.97 bits per heavy atom. The third-order valence-electron chi connectivity index (χ3n) is 4.94. The van der Waals surface area contributed by atoms with E-state index in [2.05, 4.69) is 25.0 Å². The lowest BCUT2D eigenvalue weighted by Crippen LogP contribution is -2.30. The van der Waals surface area contributed by atoms with E-state index in [9.17, 15) is 4.79 Å². The Hall–Kier alpha value is -2.74. The van der Waals surface area contributed by atoms with Crippen molar-refractivity contribution in [3.05, 3.63) is 60.1 Å². The smallest absolute Gasteiger partial charge is 0.233 e. The molecule has 0 radical (unpaired) electrons. The third kappa shape index (κ3) is 4.82. The van der Waals surface area contributed by atoms with Crippen molar-refractivity contribution >= 4 is 23.6 Å². The zero-order valence-corrected chi connectivity index (χ0v) is 17.3. The van der Waals surface area contributed by atoms with Gasteiger partial charge in [-0.2, -0.15) is 0 Å². The molecule has 0 bridgehead atoms. The first kappa shape index (κ1) is 19.6. The molecule has 1 fully saturated rings. The fourth-order valence-electron chi connectivity index (χ4n) is 3.36. The maximum atomic E-state index is 12.6. The molecule has 1 N–H and O–H groups in total. The Bertz CT molecular complexity index is 920. The summed E-state index contributed by atoms with van der Waals surface area (Å²) < 4.78 is 7.59. The highest BCUT2D eigenvalue weighted by Crippen LogP contribution is 2.28. The SMILES string of the molecule is C[C@@H](Sc1nnc(N2CCCC2)n1Cc1ccco1)C(=O)NCc1ccccc1. The molecule has 1 atom stereocenters. The van der Waals surface area contributed by atoms with Gasteiger partial charge in [0, 0.05) is 19.6 Å². The predicted molar refractivity (Wildman–Crippen MR) is 113 cm³/mol. The van der Waals surface area contributed by atoms with Gasteiger partial charge in [-0.05, 0) is 37.5 Å². The van der Waals surface area contributed by atoms with Gasteiger partial charge in [-0.25, -0.2) is 0 Å². The largest absolute Gasteiger partial charge is 0.467 e. The summed E-state index contributed by atoms with van der Waals surface area (Å²) in [5.74, 6) is 1.67. The second-order valence-corrected chi connectivity index (χ2v) is 8.41. The second kappa shape index (κ2) is 9.17. The Labute approximate surface area is 174 Å². The minimum absolute atomic E-state index is 0.0193. The van der Waals surface area contributed by atoms with Gasteiger partial charge in [0.2, 0.25) is 11.9 Å². The summed E-state index contributed by atoms with van der Waals surface area (Å²) in [7, 11) is 0. The summed E-state index contributed by atoms with van der Waals surface area (Å²) in [6.07, 6.45) is 3.99. The number of hydrogen-bond acceptors (Lipinski definition) is 6. The maximum Gasteiger partial charge on any atom is 0.233 e. The van der Waals surface area contributed by atoms with Crippen LogP contribution in [0.1, 0.15) is 31.1 Å². The molecule has 8 heteroatoms. The maximum absolute atomic E-state index is 12.6. The van der Waals surface area contributed by atoms with Gasteiger partial charge >= 0.3 is 0 Å². The molecule has 7 nitrogen and oxygen atoms in total. The van der Waals surface area contributed by atoms with Crippen LogP contribution in [0, 0.1) is 0 Å². The summed E-state index contributed by atoms with van der Waals surface area (Å²) >= 11 is 1.42. The topological polar surface area (TPSA) is 76.2 Å². The van der Waals surface area contributed by atoms with Gasteiger partial charge in [0.05, 0.1) is 18.1 Å². The molecule has 4 rings (SSSR count). The average Bonchev–Trinajstić information content (AvgIpc) is 3.50. The number of carbonyl (C=O) groups excluding carboxylic acids is 1. The van der Waals surface area contributed by atoms with Crippen LogP contribution in [-0.2, 0) is 17.9 Å². The predicted octanol–water partition coefficient (Wildman–Crippen LogP) is 3.32. The van der Waals surface area contributed by atoms with Crippen LogP contribution in [0.4, 0.5) is 5.95 Å². The van der Waals surface area contributed by atoms with E-state index in [-0.39, 0.29) is 11.2 Å². The molecule has 0 aliphatic carbocycles. The fourth-order valence-corrected chi connectivity index (χ4v) is 4.22. The van der Waals surface area contributed by atoms with Crippen LogP contribution in [0.25, 0.3) is 0 Å². The number of benzene rings is 1. The molecule has 0 spiro atoms. The van der Waals surface area contributed by atoms with Gasteiger partial charge in [0.25, 0.3) is 0 Å². The molecule has 0 unspecified atom stereocenters. The summed E-state index contributed by atoms with van der Waals surface area (Å²) in [6.45, 7) is 4.92. The third-order valence-corrected chi connectivity index (χ3v) is 6.02. The molecule has 29 heavy (non-hydrogen) atoms. The summed E-state index contributed by atoms with van der Waals surface area (Å²) in [5, 5.41) is 12.3. The van der Waals surface area contributed by atoms with Crippen molar-refractivity contribution in [3.63, 3.8) is 0 Å². The number of amides is 1. The molecule has 1 amide bonds. The summed E-state index contributed by atoms with van der Waals surface area (Å²) in [5.41, 5.74) is 1.08. The lowest BCUT2D eigenvalue weighted by Gasteiger charge is -2.18. The first-order valence-electron chi connectivity index (χ1n) is 9.89. The van der Waals surface area contributed by atoms with Crippen molar-refractivity contribution in [2.45, 2.75) is 43.3 Å². The molecule has 3 heterocycles. The number of thioether (sulfide) groups is 1. The standard InChI is InChI=1S/C21H25N5O2S/c1-16(19(27)22-14-17-8-3-2-4-9-17)29-21-24-23-20(25-11-5-6-12-25)26(21)15-18-10-7-13-28-18/h2-4,7-10,13,16H,5-6,11-12,14-15H2,1H3,(H,22,27)/t16-/m1/s1. The van der Waals surface area contributed by atoms with Crippen LogP contribution < -0.4 is 10.2 Å². The Kier molecular flexibility index (Phi) is 6.19. The van der Waals surface area contributed by atoms with Crippen molar-refractivity contribution in [1.82, 2.24) is 20.1 Å². The molecule has 1 aliphatic rings. The van der Waals surface area contributed by atoms with Crippen molar-refractivity contribution in [3.8, 4) is 0 Å². The van der Waals surface area contributed by atoms with Crippen LogP contribution in [-0.4, -0.2) is 39.0 Å². The molecule has 2 aromatic heterocycles. The van der Waals surface area contributed by atoms with E-state index in [1.165, 1.54) is 11.8 Å². The van der Waals surface area contributed by atoms with Crippen LogP contribution in [0.15, 0.2) is 58.3 Å². The van der Waals surface area contributed by atoms with Crippen LogP contribution in [0.5, 0.6) is 0 Å². The van der Waals surface area contributed by atoms with Gasteiger partial charge < -0.3 is 14.6 Å². The van der Waals surface area contributed by atoms with Crippen LogP contribution >= 0.6 is 11.8 Å². The van der Waals surface area contributed by atoms with Crippen molar-refractivity contribution in [1.29, 1.82) is 0 Å². The molecule has 0 saturated carbocycles. The van der Waals surface area contributed by atoms with Gasteiger partial charge in [-0.15, -0.1) is 10.2 Å². The Balaban J connectivity index is 1.46. The first-order chi connectivity index (χ1) is 14.2. The zero-order chi connectivity index (χ0) is 20.1. The van der Waals surface area contributed by atoms with E-state index in [1.54, 1.807) is 6.26 Å². The fraction of sp³-hybridized carbons (Fsp3) is 0.381. The molecule has 3 aromatic rings. The number of hydrogen-bond donors (Lipinski definition) is 1. The van der Waals surface area contributed by atoms with Gasteiger partial charge in [0.15, 0.2) is 5.16 Å². The number of rotatable bonds is 8. The van der Waals surface area contributed by atoms with E-state index in [0.717, 1.165) is 48.4 Å². The highest BCUT2D eigenvalue weighted by atomic mass is 32.2. The van der Waals surface area contributed by atoms with E-state index in [4.69, 9.17) is 4.42 Å². The number of carbonyl (C=O) groups is 1. The van der Waals surface area contributed by atoms with Gasteiger partial charge in [-0.3, -0.25) is 9.36 Å². The van der Waals surface area contributed by atoms with Crippen molar-refractivity contribution < 1.29 is 9.21 Å². The minimum atomic E-state index is -0.287. The molecular formula is C21H25N5O2S. The number of anilines is 1. The molecule has 1 saturated heterocycles. The van der Waals surface area contributed by atoms with E-state index < -0.39 is 0 Å². The second-order valence-electron chi connectivity index (χ2n) is 7.11. The van der Waals surface area contributed by atoms with Crippen LogP contribution in [0.3, 0.4) is 0 Å². The highest BCUT2D eigenvalue weighted by Gasteiger charge is 2.24. The Morgan fingerprint density at radius 1 is 1.17 bits per heavy atom. The average molecular weight is 412 g/mol. The van der Waals surface area contributed by atoms with Crippen LogP contribution in [0.2, 0.25) is 0 Å². The lowest BCUT2D eigenvalue weighted by atomic mass is 10.2. The number of furan rings is 1. The molecule has 1 aromatic carbocycles. The van der Waals surface area contributed by atoms with E-state index in [1.807, 2.05) is 49.4 Å². The first-order valence-corrected chi connectivity index (χ1v) is 10.8. The zero-order valence-electron chi connectivity index (χ0n) is 16.5. The monoisotopic (exact) mass is 411 g/mol. The molecular weight excluding hydrogens is 386 g/mol. The van der Waals surface area contributed by atoms with Crippen molar-refractivity contribution in [2.24, 2.45) is 0 Å². The Morgan fingerprint density at radius 3 is 2.69 bits per heavy atom. The van der Waals surface area contributed by atoms with E-state index in [0.29, 0.717) is 13.1 Å². The quantitative estimate of drug-likeness (QED) is 0.573. The van der Waals surface area contributed by atoms with Gasteiger partial charge in [-0.1, -0.05) is 42.1 Å². The van der Waals surface area contributed by atoms with Crippen molar-refractivity contribution in [2.75, 3.05) is 18.0 Å².